The Labute approximate surface area is 206 Å². The summed E-state index contributed by atoms with van der Waals surface area (Å²) in [7, 11) is 0. The van der Waals surface area contributed by atoms with Gasteiger partial charge in [-0.15, -0.1) is 0 Å². The second-order valence-corrected chi connectivity index (χ2v) is 9.58. The topological polar surface area (TPSA) is 62.2 Å². The van der Waals surface area contributed by atoms with Crippen LogP contribution in [0.4, 0.5) is 0 Å². The highest BCUT2D eigenvalue weighted by Gasteiger charge is 2.36. The molecule has 2 aliphatic rings. The second-order valence-electron chi connectivity index (χ2n) is 9.17. The molecule has 7 heteroatoms. The minimum atomic E-state index is -0.262. The van der Waals surface area contributed by atoms with Crippen molar-refractivity contribution in [1.29, 1.82) is 0 Å². The molecule has 2 aliphatic heterocycles. The van der Waals surface area contributed by atoms with Crippen LogP contribution in [0, 0.1) is 19.8 Å². The maximum absolute atomic E-state index is 13.5. The molecule has 2 heterocycles. The minimum Gasteiger partial charge on any atom is -0.466 e. The zero-order valence-corrected chi connectivity index (χ0v) is 20.8. The molecular weight excluding hydrogens is 450 g/mol. The molecule has 2 atom stereocenters. The van der Waals surface area contributed by atoms with Gasteiger partial charge in [0.1, 0.15) is 0 Å². The van der Waals surface area contributed by atoms with Gasteiger partial charge in [0.25, 0.3) is 5.91 Å². The van der Waals surface area contributed by atoms with Crippen molar-refractivity contribution in [3.05, 3.63) is 69.7 Å². The molecule has 0 saturated carbocycles. The number of nitrogens with zero attached hydrogens (tertiary/aromatic N) is 3. The Bertz CT molecular complexity index is 1100. The van der Waals surface area contributed by atoms with Gasteiger partial charge in [-0.25, -0.2) is 5.01 Å². The van der Waals surface area contributed by atoms with Crippen molar-refractivity contribution in [2.75, 3.05) is 26.2 Å². The first kappa shape index (κ1) is 24.4. The fourth-order valence-electron chi connectivity index (χ4n) is 4.94. The van der Waals surface area contributed by atoms with Gasteiger partial charge in [-0.1, -0.05) is 53.6 Å². The number of carbonyl (C=O) groups excluding carboxylic acids is 2. The standard InChI is InChI=1S/C27H32ClN3O3/c1-4-34-27(33)20-8-7-13-30(16-20)17-26(32)31-25(22-9-5-6-10-23(22)28)15-24(29-31)21-12-11-18(2)14-19(21)3/h5-6,9-12,14,20,25H,4,7-8,13,15-17H2,1-3H3/t20-,25+/m0/s1. The second kappa shape index (κ2) is 10.7. The highest BCUT2D eigenvalue weighted by Crippen LogP contribution is 2.37. The first-order valence-electron chi connectivity index (χ1n) is 12.0. The number of aryl methyl sites for hydroxylation is 2. The lowest BCUT2D eigenvalue weighted by atomic mass is 9.95. The molecule has 0 spiro atoms. The van der Waals surface area contributed by atoms with E-state index in [0.29, 0.717) is 24.6 Å². The van der Waals surface area contributed by atoms with E-state index in [0.717, 1.165) is 41.8 Å². The van der Waals surface area contributed by atoms with E-state index in [9.17, 15) is 9.59 Å². The predicted molar refractivity (Wildman–Crippen MR) is 134 cm³/mol. The Balaban J connectivity index is 1.58. The fraction of sp³-hybridized carbons (Fsp3) is 0.444. The first-order chi connectivity index (χ1) is 16.4. The van der Waals surface area contributed by atoms with Gasteiger partial charge >= 0.3 is 5.97 Å². The summed E-state index contributed by atoms with van der Waals surface area (Å²) in [4.78, 5) is 27.8. The van der Waals surface area contributed by atoms with Crippen molar-refractivity contribution in [2.45, 2.75) is 46.1 Å². The third kappa shape index (κ3) is 5.34. The maximum atomic E-state index is 13.5. The van der Waals surface area contributed by atoms with Crippen LogP contribution in [-0.2, 0) is 14.3 Å². The number of ether oxygens (including phenoxy) is 1. The monoisotopic (exact) mass is 481 g/mol. The number of amides is 1. The summed E-state index contributed by atoms with van der Waals surface area (Å²) in [6.07, 6.45) is 2.26. The van der Waals surface area contributed by atoms with Crippen molar-refractivity contribution in [3.8, 4) is 0 Å². The molecule has 1 fully saturated rings. The highest BCUT2D eigenvalue weighted by molar-refractivity contribution is 6.31. The van der Waals surface area contributed by atoms with Crippen molar-refractivity contribution in [3.63, 3.8) is 0 Å². The number of hydrogen-bond donors (Lipinski definition) is 0. The van der Waals surface area contributed by atoms with Gasteiger partial charge in [-0.3, -0.25) is 14.5 Å². The van der Waals surface area contributed by atoms with Crippen LogP contribution in [0.2, 0.25) is 5.02 Å². The summed E-state index contributed by atoms with van der Waals surface area (Å²) in [5.41, 5.74) is 5.16. The third-order valence-electron chi connectivity index (χ3n) is 6.61. The molecule has 6 nitrogen and oxygen atoms in total. The number of likely N-dealkylation sites (tertiary alicyclic amines) is 1. The predicted octanol–water partition coefficient (Wildman–Crippen LogP) is 4.91. The lowest BCUT2D eigenvalue weighted by molar-refractivity contribution is -0.150. The normalized spacial score (nSPS) is 20.8. The zero-order chi connectivity index (χ0) is 24.2. The summed E-state index contributed by atoms with van der Waals surface area (Å²) in [6.45, 7) is 7.84. The Morgan fingerprint density at radius 3 is 2.71 bits per heavy atom. The molecule has 4 rings (SSSR count). The largest absolute Gasteiger partial charge is 0.466 e. The number of rotatable bonds is 6. The Morgan fingerprint density at radius 1 is 1.18 bits per heavy atom. The zero-order valence-electron chi connectivity index (χ0n) is 20.1. The molecule has 0 radical (unpaired) electrons. The van der Waals surface area contributed by atoms with Gasteiger partial charge in [-0.2, -0.15) is 5.10 Å². The first-order valence-corrected chi connectivity index (χ1v) is 12.4. The van der Waals surface area contributed by atoms with E-state index in [2.05, 4.69) is 32.0 Å². The van der Waals surface area contributed by atoms with Crippen LogP contribution in [0.3, 0.4) is 0 Å². The molecule has 34 heavy (non-hydrogen) atoms. The molecule has 0 aromatic heterocycles. The van der Waals surface area contributed by atoms with E-state index < -0.39 is 0 Å². The average Bonchev–Trinajstić information content (AvgIpc) is 3.25. The quantitative estimate of drug-likeness (QED) is 0.550. The van der Waals surface area contributed by atoms with Gasteiger partial charge in [0.2, 0.25) is 0 Å². The van der Waals surface area contributed by atoms with Crippen LogP contribution in [0.15, 0.2) is 47.6 Å². The van der Waals surface area contributed by atoms with E-state index in [1.807, 2.05) is 36.1 Å². The molecule has 1 saturated heterocycles. The number of benzene rings is 2. The van der Waals surface area contributed by atoms with Gasteiger partial charge in [0, 0.05) is 23.6 Å². The number of hydrazone groups is 1. The number of halogens is 1. The Hall–Kier alpha value is -2.70. The summed E-state index contributed by atoms with van der Waals surface area (Å²) in [6, 6.07) is 13.7. The van der Waals surface area contributed by atoms with E-state index in [-0.39, 0.29) is 30.4 Å². The summed E-state index contributed by atoms with van der Waals surface area (Å²) in [5.74, 6) is -0.451. The molecule has 0 N–H and O–H groups in total. The highest BCUT2D eigenvalue weighted by atomic mass is 35.5. The van der Waals surface area contributed by atoms with Crippen molar-refractivity contribution in [1.82, 2.24) is 9.91 Å². The van der Waals surface area contributed by atoms with Crippen molar-refractivity contribution < 1.29 is 14.3 Å². The van der Waals surface area contributed by atoms with E-state index >= 15 is 0 Å². The van der Waals surface area contributed by atoms with Crippen molar-refractivity contribution >= 4 is 29.2 Å². The van der Waals surface area contributed by atoms with Gasteiger partial charge < -0.3 is 4.74 Å². The fourth-order valence-corrected chi connectivity index (χ4v) is 5.21. The van der Waals surface area contributed by atoms with Crippen LogP contribution in [0.5, 0.6) is 0 Å². The summed E-state index contributed by atoms with van der Waals surface area (Å²) in [5, 5.41) is 7.05. The average molecular weight is 482 g/mol. The number of carbonyl (C=O) groups is 2. The van der Waals surface area contributed by atoms with E-state index in [1.165, 1.54) is 5.56 Å². The number of esters is 1. The molecular formula is C27H32ClN3O3. The Kier molecular flexibility index (Phi) is 7.69. The van der Waals surface area contributed by atoms with Crippen LogP contribution >= 0.6 is 11.6 Å². The van der Waals surface area contributed by atoms with E-state index in [1.54, 1.807) is 5.01 Å². The van der Waals surface area contributed by atoms with Crippen LogP contribution in [0.1, 0.15) is 54.5 Å². The molecule has 2 aromatic carbocycles. The lowest BCUT2D eigenvalue weighted by Crippen LogP contribution is -2.44. The lowest BCUT2D eigenvalue weighted by Gasteiger charge is -2.32. The SMILES string of the molecule is CCOC(=O)[C@H]1CCCN(CC(=O)N2N=C(c3ccc(C)cc3C)C[C@@H]2c2ccccc2Cl)C1. The molecule has 0 unspecified atom stereocenters. The minimum absolute atomic E-state index is 0.0887. The van der Waals surface area contributed by atoms with Gasteiger partial charge in [0.05, 0.1) is 30.8 Å². The molecule has 1 amide bonds. The Morgan fingerprint density at radius 2 is 1.97 bits per heavy atom. The maximum Gasteiger partial charge on any atom is 0.310 e. The van der Waals surface area contributed by atoms with Crippen LogP contribution in [0.25, 0.3) is 0 Å². The van der Waals surface area contributed by atoms with Gasteiger partial charge in [-0.05, 0) is 57.4 Å². The van der Waals surface area contributed by atoms with E-state index in [4.69, 9.17) is 21.4 Å². The van der Waals surface area contributed by atoms with Crippen LogP contribution in [-0.4, -0.2) is 53.7 Å². The third-order valence-corrected chi connectivity index (χ3v) is 6.95. The summed E-state index contributed by atoms with van der Waals surface area (Å²) < 4.78 is 5.21. The van der Waals surface area contributed by atoms with Gasteiger partial charge in [0.15, 0.2) is 0 Å². The number of hydrogen-bond acceptors (Lipinski definition) is 5. The van der Waals surface area contributed by atoms with Crippen molar-refractivity contribution in [2.24, 2.45) is 11.0 Å². The molecule has 0 bridgehead atoms. The molecule has 180 valence electrons. The number of piperidine rings is 1. The summed E-state index contributed by atoms with van der Waals surface area (Å²) >= 11 is 6.54. The smallest absolute Gasteiger partial charge is 0.310 e. The van der Waals surface area contributed by atoms with Crippen LogP contribution < -0.4 is 0 Å². The molecule has 2 aromatic rings. The molecule has 0 aliphatic carbocycles.